The smallest absolute Gasteiger partial charge is 0.354 e. The van der Waals surface area contributed by atoms with Crippen molar-refractivity contribution in [2.75, 3.05) is 19.6 Å². The van der Waals surface area contributed by atoms with Crippen LogP contribution in [0, 0.1) is 13.8 Å². The minimum Gasteiger partial charge on any atom is -0.370 e. The molecule has 3 heterocycles. The van der Waals surface area contributed by atoms with E-state index in [1.165, 1.54) is 16.8 Å². The first-order valence-corrected chi connectivity index (χ1v) is 17.6. The normalized spacial score (nSPS) is 9.90. The van der Waals surface area contributed by atoms with E-state index in [1.807, 2.05) is 102 Å². The van der Waals surface area contributed by atoms with Gasteiger partial charge in [-0.2, -0.15) is 4.98 Å². The molecule has 5 rings (SSSR count). The predicted octanol–water partition coefficient (Wildman–Crippen LogP) is 6.32. The highest BCUT2D eigenvalue weighted by Crippen LogP contribution is 2.16. The van der Waals surface area contributed by atoms with Crippen molar-refractivity contribution in [1.29, 1.82) is 0 Å². The monoisotopic (exact) mass is 672 g/mol. The van der Waals surface area contributed by atoms with Crippen LogP contribution < -0.4 is 28.2 Å². The summed E-state index contributed by atoms with van der Waals surface area (Å²) < 4.78 is 3.60. The second-order valence-corrected chi connectivity index (χ2v) is 10.5. The van der Waals surface area contributed by atoms with Crippen LogP contribution in [0.3, 0.4) is 0 Å². The van der Waals surface area contributed by atoms with Crippen molar-refractivity contribution >= 4 is 17.0 Å². The van der Waals surface area contributed by atoms with Crippen LogP contribution in [0.4, 0.5) is 0 Å². The van der Waals surface area contributed by atoms with Gasteiger partial charge in [0.2, 0.25) is 0 Å². The molecule has 8 N–H and O–H groups in total. The number of rotatable bonds is 12. The molecule has 0 bridgehead atoms. The first-order valence-electron chi connectivity index (χ1n) is 17.6. The van der Waals surface area contributed by atoms with Gasteiger partial charge in [-0.25, -0.2) is 9.78 Å². The fourth-order valence-electron chi connectivity index (χ4n) is 4.76. The van der Waals surface area contributed by atoms with Crippen molar-refractivity contribution in [3.63, 3.8) is 0 Å². The fraction of sp³-hybridized carbons (Fsp3) is 0.421. The number of nitrogens with two attached hydrogens (primary N) is 3. The largest absolute Gasteiger partial charge is 0.370 e. The summed E-state index contributed by atoms with van der Waals surface area (Å²) in [6, 6.07) is 16.5. The molecule has 0 atom stereocenters. The first-order chi connectivity index (χ1) is 23.8. The Morgan fingerprint density at radius 3 is 2.24 bits per heavy atom. The lowest BCUT2D eigenvalue weighted by molar-refractivity contribution is 0.655. The Labute approximate surface area is 293 Å². The van der Waals surface area contributed by atoms with Crippen LogP contribution in [0.5, 0.6) is 0 Å². The molecule has 0 unspecified atom stereocenters. The van der Waals surface area contributed by atoms with Crippen LogP contribution in [-0.2, 0) is 13.0 Å². The number of unbranched alkanes of at least 4 members (excludes halogenated alkanes) is 1. The number of benzene rings is 2. The first kappa shape index (κ1) is 42.3. The highest BCUT2D eigenvalue weighted by molar-refractivity contribution is 5.76. The SMILES string of the molecule is CC.CC.CC.Cc1cc(CCCCN)cc(-n2ccnc2)c1.Cc1cc2cn(-c3ccc(CNCCCN=C(N)N)cc3)c(=O)nc2[nH]1. The molecule has 0 saturated carbocycles. The van der Waals surface area contributed by atoms with Gasteiger partial charge < -0.3 is 32.1 Å². The zero-order chi connectivity index (χ0) is 36.6. The van der Waals surface area contributed by atoms with Crippen molar-refractivity contribution in [1.82, 2.24) is 29.4 Å². The molecule has 0 aliphatic heterocycles. The molecule has 0 saturated heterocycles. The van der Waals surface area contributed by atoms with Gasteiger partial charge in [0.1, 0.15) is 5.65 Å². The van der Waals surface area contributed by atoms with Crippen molar-refractivity contribution in [3.8, 4) is 11.4 Å². The summed E-state index contributed by atoms with van der Waals surface area (Å²) in [5, 5.41) is 4.25. The molecule has 11 heteroatoms. The Morgan fingerprint density at radius 2 is 1.61 bits per heavy atom. The second kappa shape index (κ2) is 24.4. The van der Waals surface area contributed by atoms with Crippen molar-refractivity contribution in [3.05, 3.63) is 106 Å². The number of aryl methyl sites for hydroxylation is 3. The third kappa shape index (κ3) is 14.9. The minimum atomic E-state index is -0.301. The molecular formula is C38H60N10O. The molecule has 0 aliphatic carbocycles. The number of nitrogens with zero attached hydrogens (tertiary/aromatic N) is 5. The number of aromatic amines is 1. The van der Waals surface area contributed by atoms with E-state index in [-0.39, 0.29) is 11.6 Å². The van der Waals surface area contributed by atoms with Gasteiger partial charge in [0, 0.05) is 48.4 Å². The summed E-state index contributed by atoms with van der Waals surface area (Å²) >= 11 is 0. The highest BCUT2D eigenvalue weighted by Gasteiger charge is 2.06. The second-order valence-electron chi connectivity index (χ2n) is 10.5. The van der Waals surface area contributed by atoms with E-state index < -0.39 is 0 Å². The number of aliphatic imine (C=N–C) groups is 1. The number of H-pyrrole nitrogens is 1. The van der Waals surface area contributed by atoms with Gasteiger partial charge in [-0.05, 0) is 99.6 Å². The molecule has 0 amide bonds. The van der Waals surface area contributed by atoms with Gasteiger partial charge in [0.25, 0.3) is 0 Å². The van der Waals surface area contributed by atoms with Crippen LogP contribution in [0.1, 0.15) is 83.2 Å². The fourth-order valence-corrected chi connectivity index (χ4v) is 4.76. The van der Waals surface area contributed by atoms with E-state index in [4.69, 9.17) is 17.2 Å². The van der Waals surface area contributed by atoms with Gasteiger partial charge in [-0.15, -0.1) is 0 Å². The topological polar surface area (TPSA) is 171 Å². The highest BCUT2D eigenvalue weighted by atomic mass is 16.1. The molecule has 5 aromatic rings. The summed E-state index contributed by atoms with van der Waals surface area (Å²) in [7, 11) is 0. The number of fused-ring (bicyclic) bond motifs is 1. The standard InChI is InChI=1S/C18H23N7O.C14H19N3.3C2H6/c1-12-9-14-11-25(18(26)24-16(14)23-12)15-5-3-13(4-6-15)10-21-7-2-8-22-17(19)20;1-12-8-13(4-2-3-5-15)10-14(9-12)17-7-6-16-11-17;3*1-2/h3-6,9,11,21H,2,7-8,10H2,1H3,(H4,19,20,22)(H,23,24,26);6-11H,2-5,15H2,1H3;3*1-2H3. The van der Waals surface area contributed by atoms with E-state index in [1.54, 1.807) is 10.8 Å². The lowest BCUT2D eigenvalue weighted by Gasteiger charge is -2.08. The van der Waals surface area contributed by atoms with Crippen LogP contribution in [0.2, 0.25) is 0 Å². The Kier molecular flexibility index (Phi) is 21.1. The Bertz CT molecular complexity index is 1670. The van der Waals surface area contributed by atoms with E-state index in [0.717, 1.165) is 67.6 Å². The van der Waals surface area contributed by atoms with E-state index >= 15 is 0 Å². The van der Waals surface area contributed by atoms with Crippen molar-refractivity contribution < 1.29 is 0 Å². The molecule has 268 valence electrons. The Morgan fingerprint density at radius 1 is 0.898 bits per heavy atom. The maximum absolute atomic E-state index is 12.2. The average Bonchev–Trinajstić information content (AvgIpc) is 3.79. The van der Waals surface area contributed by atoms with Gasteiger partial charge in [0.05, 0.1) is 12.0 Å². The quantitative estimate of drug-likeness (QED) is 0.0587. The lowest BCUT2D eigenvalue weighted by atomic mass is 10.0. The zero-order valence-corrected chi connectivity index (χ0v) is 31.0. The molecular weight excluding hydrogens is 612 g/mol. The summed E-state index contributed by atoms with van der Waals surface area (Å²) in [6.07, 6.45) is 11.6. The van der Waals surface area contributed by atoms with E-state index in [0.29, 0.717) is 12.2 Å². The predicted molar refractivity (Wildman–Crippen MR) is 208 cm³/mol. The van der Waals surface area contributed by atoms with Gasteiger partial charge in [0.15, 0.2) is 5.96 Å². The molecule has 2 aromatic carbocycles. The van der Waals surface area contributed by atoms with E-state index in [9.17, 15) is 4.79 Å². The van der Waals surface area contributed by atoms with Crippen LogP contribution in [0.25, 0.3) is 22.4 Å². The maximum atomic E-state index is 12.2. The van der Waals surface area contributed by atoms with Gasteiger partial charge in [-0.3, -0.25) is 9.56 Å². The summed E-state index contributed by atoms with van der Waals surface area (Å²) in [6.45, 7) is 19.0. The Hall–Kier alpha value is -4.74. The average molecular weight is 673 g/mol. The zero-order valence-electron chi connectivity index (χ0n) is 31.0. The molecule has 49 heavy (non-hydrogen) atoms. The van der Waals surface area contributed by atoms with Gasteiger partial charge >= 0.3 is 5.69 Å². The molecule has 11 nitrogen and oxygen atoms in total. The third-order valence-electron chi connectivity index (χ3n) is 6.84. The van der Waals surface area contributed by atoms with Crippen LogP contribution in [-0.4, -0.2) is 49.7 Å². The Balaban J connectivity index is 0.000000452. The number of aromatic nitrogens is 5. The molecule has 0 fully saturated rings. The minimum absolute atomic E-state index is 0.123. The number of hydrogen-bond donors (Lipinski definition) is 5. The number of nitrogens with one attached hydrogen (secondary N) is 2. The van der Waals surface area contributed by atoms with Crippen LogP contribution in [0.15, 0.2) is 83.2 Å². The van der Waals surface area contributed by atoms with Crippen LogP contribution >= 0.6 is 0 Å². The molecule has 0 spiro atoms. The maximum Gasteiger partial charge on any atom is 0.354 e. The summed E-state index contributed by atoms with van der Waals surface area (Å²) in [5.41, 5.74) is 23.1. The number of imidazole rings is 1. The summed E-state index contributed by atoms with van der Waals surface area (Å²) in [4.78, 5) is 27.4. The van der Waals surface area contributed by atoms with Gasteiger partial charge in [-0.1, -0.05) is 59.7 Å². The lowest BCUT2D eigenvalue weighted by Crippen LogP contribution is -2.23. The van der Waals surface area contributed by atoms with Crippen molar-refractivity contribution in [2.45, 2.75) is 87.6 Å². The molecule has 0 radical (unpaired) electrons. The number of guanidine groups is 1. The van der Waals surface area contributed by atoms with Crippen molar-refractivity contribution in [2.24, 2.45) is 22.2 Å². The molecule has 0 aliphatic rings. The number of hydrogen-bond acceptors (Lipinski definition) is 6. The third-order valence-corrected chi connectivity index (χ3v) is 6.84. The molecule has 3 aromatic heterocycles. The van der Waals surface area contributed by atoms with E-state index in [2.05, 4.69) is 50.4 Å². The summed E-state index contributed by atoms with van der Waals surface area (Å²) in [5.74, 6) is 0.123.